The maximum Gasteiger partial charge on any atom is 0.307 e. The summed E-state index contributed by atoms with van der Waals surface area (Å²) in [5.74, 6) is -1.46. The molecular formula is C9H15NO5. The number of carboxylic acids is 1. The van der Waals surface area contributed by atoms with Crippen molar-refractivity contribution in [2.75, 3.05) is 33.0 Å². The Morgan fingerprint density at radius 2 is 1.93 bits per heavy atom. The molecule has 1 fully saturated rings. The van der Waals surface area contributed by atoms with Gasteiger partial charge in [0.15, 0.2) is 0 Å². The van der Waals surface area contributed by atoms with Gasteiger partial charge in [0.2, 0.25) is 0 Å². The summed E-state index contributed by atoms with van der Waals surface area (Å²) in [5, 5.41) is 8.34. The smallest absolute Gasteiger partial charge is 0.307 e. The molecule has 0 unspecified atom stereocenters. The molecule has 6 nitrogen and oxygen atoms in total. The first kappa shape index (κ1) is 11.9. The molecule has 15 heavy (non-hydrogen) atoms. The normalized spacial score (nSPS) is 17.3. The highest BCUT2D eigenvalue weighted by Crippen LogP contribution is 1.99. The third-order valence-corrected chi connectivity index (χ3v) is 2.05. The summed E-state index contributed by atoms with van der Waals surface area (Å²) in [6.07, 6.45) is -0.248. The lowest BCUT2D eigenvalue weighted by Crippen LogP contribution is -2.38. The van der Waals surface area contributed by atoms with Crippen molar-refractivity contribution in [2.24, 2.45) is 0 Å². The first-order valence-electron chi connectivity index (χ1n) is 4.86. The first-order valence-corrected chi connectivity index (χ1v) is 4.86. The van der Waals surface area contributed by atoms with Crippen LogP contribution < -0.4 is 0 Å². The van der Waals surface area contributed by atoms with Crippen molar-refractivity contribution in [2.45, 2.75) is 12.8 Å². The zero-order valence-electron chi connectivity index (χ0n) is 8.48. The van der Waals surface area contributed by atoms with E-state index in [1.54, 1.807) is 0 Å². The van der Waals surface area contributed by atoms with Crippen LogP contribution in [0.5, 0.6) is 0 Å². The van der Waals surface area contributed by atoms with E-state index in [2.05, 4.69) is 0 Å². The van der Waals surface area contributed by atoms with Crippen LogP contribution >= 0.6 is 0 Å². The number of aliphatic carboxylic acids is 1. The van der Waals surface area contributed by atoms with E-state index in [0.29, 0.717) is 13.2 Å². The van der Waals surface area contributed by atoms with E-state index >= 15 is 0 Å². The standard InChI is InChI=1S/C9H15NO5/c11-8(12)1-2-9(13)15-7-10-3-5-14-6-4-10/h1-7H2,(H,11,12). The number of carbonyl (C=O) groups is 2. The predicted molar refractivity (Wildman–Crippen MR) is 50.2 cm³/mol. The minimum absolute atomic E-state index is 0.0698. The molecule has 0 aromatic rings. The number of ether oxygens (including phenoxy) is 2. The van der Waals surface area contributed by atoms with Gasteiger partial charge in [0.05, 0.1) is 26.1 Å². The third kappa shape index (κ3) is 5.34. The zero-order chi connectivity index (χ0) is 11.1. The van der Waals surface area contributed by atoms with Gasteiger partial charge >= 0.3 is 11.9 Å². The second kappa shape index (κ2) is 6.36. The minimum Gasteiger partial charge on any atom is -0.481 e. The van der Waals surface area contributed by atoms with Crippen LogP contribution in [0, 0.1) is 0 Å². The average molecular weight is 217 g/mol. The fourth-order valence-electron chi connectivity index (χ4n) is 1.17. The van der Waals surface area contributed by atoms with Gasteiger partial charge in [-0.15, -0.1) is 0 Å². The Hall–Kier alpha value is -1.14. The molecule has 1 rings (SSSR count). The van der Waals surface area contributed by atoms with Crippen LogP contribution in [-0.4, -0.2) is 55.0 Å². The highest BCUT2D eigenvalue weighted by molar-refractivity contribution is 5.76. The molecule has 0 amide bonds. The number of morpholine rings is 1. The Morgan fingerprint density at radius 1 is 1.27 bits per heavy atom. The SMILES string of the molecule is O=C(O)CCC(=O)OCN1CCOCC1. The van der Waals surface area contributed by atoms with E-state index in [1.807, 2.05) is 4.90 Å². The van der Waals surface area contributed by atoms with Gasteiger partial charge in [0.25, 0.3) is 0 Å². The van der Waals surface area contributed by atoms with Crippen molar-refractivity contribution >= 4 is 11.9 Å². The van der Waals surface area contributed by atoms with Gasteiger partial charge in [-0.1, -0.05) is 0 Å². The summed E-state index contributed by atoms with van der Waals surface area (Å²) < 4.78 is 10.0. The van der Waals surface area contributed by atoms with Crippen molar-refractivity contribution < 1.29 is 24.2 Å². The fraction of sp³-hybridized carbons (Fsp3) is 0.778. The Balaban J connectivity index is 2.07. The fourth-order valence-corrected chi connectivity index (χ4v) is 1.17. The van der Waals surface area contributed by atoms with Crippen LogP contribution in [-0.2, 0) is 19.1 Å². The highest BCUT2D eigenvalue weighted by Gasteiger charge is 2.12. The van der Waals surface area contributed by atoms with Crippen molar-refractivity contribution in [1.29, 1.82) is 0 Å². The Bertz CT molecular complexity index is 225. The molecule has 0 spiro atoms. The number of carboxylic acid groups (broad SMARTS) is 1. The number of carbonyl (C=O) groups excluding carboxylic acids is 1. The van der Waals surface area contributed by atoms with Crippen molar-refractivity contribution in [3.63, 3.8) is 0 Å². The summed E-state index contributed by atoms with van der Waals surface area (Å²) in [7, 11) is 0. The molecule has 86 valence electrons. The maximum absolute atomic E-state index is 11.0. The van der Waals surface area contributed by atoms with Gasteiger partial charge < -0.3 is 14.6 Å². The van der Waals surface area contributed by atoms with Crippen molar-refractivity contribution in [1.82, 2.24) is 4.90 Å². The molecule has 0 saturated carbocycles. The topological polar surface area (TPSA) is 76.1 Å². The minimum atomic E-state index is -0.988. The van der Waals surface area contributed by atoms with Crippen molar-refractivity contribution in [3.8, 4) is 0 Å². The Kier molecular flexibility index (Phi) is 5.06. The van der Waals surface area contributed by atoms with Gasteiger partial charge in [-0.05, 0) is 0 Å². The van der Waals surface area contributed by atoms with Gasteiger partial charge in [-0.25, -0.2) is 0 Å². The van der Waals surface area contributed by atoms with Crippen LogP contribution in [0.4, 0.5) is 0 Å². The molecule has 1 aliphatic heterocycles. The number of hydrogen-bond acceptors (Lipinski definition) is 5. The largest absolute Gasteiger partial charge is 0.481 e. The van der Waals surface area contributed by atoms with E-state index in [-0.39, 0.29) is 19.6 Å². The lowest BCUT2D eigenvalue weighted by atomic mass is 10.3. The second-order valence-corrected chi connectivity index (χ2v) is 3.27. The van der Waals surface area contributed by atoms with Crippen LogP contribution in [0.15, 0.2) is 0 Å². The number of esters is 1. The summed E-state index contributed by atoms with van der Waals surface area (Å²) in [5.41, 5.74) is 0. The third-order valence-electron chi connectivity index (χ3n) is 2.05. The van der Waals surface area contributed by atoms with E-state index in [1.165, 1.54) is 0 Å². The Morgan fingerprint density at radius 3 is 2.53 bits per heavy atom. The lowest BCUT2D eigenvalue weighted by molar-refractivity contribution is -0.153. The van der Waals surface area contributed by atoms with Crippen LogP contribution in [0.25, 0.3) is 0 Å². The number of hydrogen-bond donors (Lipinski definition) is 1. The van der Waals surface area contributed by atoms with Gasteiger partial charge in [-0.3, -0.25) is 14.5 Å². The molecule has 0 aromatic heterocycles. The molecule has 1 N–H and O–H groups in total. The first-order chi connectivity index (χ1) is 7.18. The lowest BCUT2D eigenvalue weighted by Gasteiger charge is -2.25. The molecule has 1 saturated heterocycles. The molecule has 6 heteroatoms. The summed E-state index contributed by atoms with van der Waals surface area (Å²) in [6, 6.07) is 0. The number of rotatable bonds is 5. The molecule has 0 aromatic carbocycles. The zero-order valence-corrected chi connectivity index (χ0v) is 8.48. The quantitative estimate of drug-likeness (QED) is 0.636. The molecule has 1 heterocycles. The molecule has 1 aliphatic rings. The van der Waals surface area contributed by atoms with E-state index < -0.39 is 11.9 Å². The molecule has 0 bridgehead atoms. The monoisotopic (exact) mass is 217 g/mol. The summed E-state index contributed by atoms with van der Waals surface area (Å²) in [6.45, 7) is 3.00. The number of nitrogens with zero attached hydrogens (tertiary/aromatic N) is 1. The van der Waals surface area contributed by atoms with E-state index in [9.17, 15) is 9.59 Å². The highest BCUT2D eigenvalue weighted by atomic mass is 16.5. The summed E-state index contributed by atoms with van der Waals surface area (Å²) in [4.78, 5) is 23.2. The molecule has 0 aliphatic carbocycles. The predicted octanol–water partition coefficient (Wildman–Crippen LogP) is -0.316. The van der Waals surface area contributed by atoms with Crippen LogP contribution in [0.1, 0.15) is 12.8 Å². The molecular weight excluding hydrogens is 202 g/mol. The maximum atomic E-state index is 11.0. The van der Waals surface area contributed by atoms with Gasteiger partial charge in [-0.2, -0.15) is 0 Å². The van der Waals surface area contributed by atoms with Crippen molar-refractivity contribution in [3.05, 3.63) is 0 Å². The Labute approximate surface area is 87.8 Å². The average Bonchev–Trinajstić information content (AvgIpc) is 2.25. The van der Waals surface area contributed by atoms with Crippen LogP contribution in [0.3, 0.4) is 0 Å². The van der Waals surface area contributed by atoms with E-state index in [0.717, 1.165) is 13.1 Å². The van der Waals surface area contributed by atoms with Gasteiger partial charge in [0, 0.05) is 13.1 Å². The second-order valence-electron chi connectivity index (χ2n) is 3.27. The molecule has 0 radical (unpaired) electrons. The van der Waals surface area contributed by atoms with Gasteiger partial charge in [0.1, 0.15) is 6.73 Å². The van der Waals surface area contributed by atoms with E-state index in [4.69, 9.17) is 14.6 Å². The summed E-state index contributed by atoms with van der Waals surface area (Å²) >= 11 is 0. The van der Waals surface area contributed by atoms with Crippen LogP contribution in [0.2, 0.25) is 0 Å². The molecule has 0 atom stereocenters.